The minimum absolute atomic E-state index is 0.704. The lowest BCUT2D eigenvalue weighted by atomic mass is 9.99. The molecule has 2 unspecified atom stereocenters. The fraction of sp³-hybridized carbons (Fsp3) is 0.875. The highest BCUT2D eigenvalue weighted by Crippen LogP contribution is 2.21. The molecule has 18 heavy (non-hydrogen) atoms. The van der Waals surface area contributed by atoms with Crippen LogP contribution in [0.3, 0.4) is 0 Å². The van der Waals surface area contributed by atoms with Gasteiger partial charge in [0.15, 0.2) is 0 Å². The van der Waals surface area contributed by atoms with Gasteiger partial charge >= 0.3 is 0 Å². The molecule has 0 aromatic rings. The molecule has 2 rings (SSSR count). The number of nitrogens with zero attached hydrogens (tertiary/aromatic N) is 1. The van der Waals surface area contributed by atoms with E-state index in [-0.39, 0.29) is 0 Å². The minimum atomic E-state index is 0.704. The Bertz CT molecular complexity index is 272. The third-order valence-corrected chi connectivity index (χ3v) is 4.73. The number of rotatable bonds is 5. The van der Waals surface area contributed by atoms with E-state index >= 15 is 0 Å². The topological polar surface area (TPSA) is 15.3 Å². The summed E-state index contributed by atoms with van der Waals surface area (Å²) in [6, 6.07) is 0.704. The molecule has 2 heteroatoms. The van der Waals surface area contributed by atoms with Crippen molar-refractivity contribution in [2.45, 2.75) is 58.4 Å². The molecule has 1 heterocycles. The Labute approximate surface area is 113 Å². The van der Waals surface area contributed by atoms with Crippen LogP contribution in [0.25, 0.3) is 0 Å². The zero-order valence-electron chi connectivity index (χ0n) is 12.3. The molecule has 1 N–H and O–H groups in total. The first kappa shape index (κ1) is 14.1. The van der Waals surface area contributed by atoms with E-state index in [1.165, 1.54) is 64.7 Å². The quantitative estimate of drug-likeness (QED) is 0.754. The summed E-state index contributed by atoms with van der Waals surface area (Å²) in [7, 11) is 0. The van der Waals surface area contributed by atoms with Crippen molar-refractivity contribution in [1.29, 1.82) is 0 Å². The minimum Gasteiger partial charge on any atom is -0.312 e. The first-order valence-corrected chi connectivity index (χ1v) is 7.93. The van der Waals surface area contributed by atoms with Gasteiger partial charge in [-0.15, -0.1) is 0 Å². The molecular weight excluding hydrogens is 220 g/mol. The van der Waals surface area contributed by atoms with Gasteiger partial charge in [-0.25, -0.2) is 0 Å². The van der Waals surface area contributed by atoms with Gasteiger partial charge in [-0.3, -0.25) is 0 Å². The number of hydrogen-bond donors (Lipinski definition) is 1. The van der Waals surface area contributed by atoms with Crippen LogP contribution in [0.5, 0.6) is 0 Å². The molecule has 104 valence electrons. The molecule has 0 spiro atoms. The van der Waals surface area contributed by atoms with Gasteiger partial charge in [0.1, 0.15) is 0 Å². The van der Waals surface area contributed by atoms with Crippen molar-refractivity contribution >= 4 is 0 Å². The summed E-state index contributed by atoms with van der Waals surface area (Å²) < 4.78 is 0. The van der Waals surface area contributed by atoms with Crippen LogP contribution in [0.2, 0.25) is 0 Å². The van der Waals surface area contributed by atoms with Crippen LogP contribution in [0.1, 0.15) is 52.4 Å². The van der Waals surface area contributed by atoms with Gasteiger partial charge in [0.2, 0.25) is 0 Å². The van der Waals surface area contributed by atoms with E-state index in [2.05, 4.69) is 30.1 Å². The van der Waals surface area contributed by atoms with Crippen LogP contribution in [-0.4, -0.2) is 37.1 Å². The monoisotopic (exact) mass is 250 g/mol. The first-order chi connectivity index (χ1) is 8.79. The van der Waals surface area contributed by atoms with Gasteiger partial charge in [-0.05, 0) is 51.1 Å². The van der Waals surface area contributed by atoms with E-state index in [1.807, 2.05) is 0 Å². The van der Waals surface area contributed by atoms with Crippen molar-refractivity contribution in [3.05, 3.63) is 11.6 Å². The SMILES string of the molecule is CCC(C)C1CN(CCC2=CCCC2)CCCN1. The lowest BCUT2D eigenvalue weighted by Crippen LogP contribution is -2.42. The van der Waals surface area contributed by atoms with Crippen LogP contribution < -0.4 is 5.32 Å². The average molecular weight is 250 g/mol. The molecule has 0 aromatic carbocycles. The maximum absolute atomic E-state index is 3.73. The van der Waals surface area contributed by atoms with Crippen molar-refractivity contribution in [2.24, 2.45) is 5.92 Å². The van der Waals surface area contributed by atoms with Crippen LogP contribution >= 0.6 is 0 Å². The van der Waals surface area contributed by atoms with Crippen LogP contribution in [0.4, 0.5) is 0 Å². The second-order valence-corrected chi connectivity index (χ2v) is 6.10. The number of hydrogen-bond acceptors (Lipinski definition) is 2. The molecule has 0 saturated carbocycles. The predicted octanol–water partition coefficient (Wildman–Crippen LogP) is 3.20. The van der Waals surface area contributed by atoms with E-state index in [4.69, 9.17) is 0 Å². The van der Waals surface area contributed by atoms with Crippen LogP contribution in [-0.2, 0) is 0 Å². The van der Waals surface area contributed by atoms with E-state index in [9.17, 15) is 0 Å². The van der Waals surface area contributed by atoms with E-state index in [0.717, 1.165) is 5.92 Å². The van der Waals surface area contributed by atoms with Crippen LogP contribution in [0.15, 0.2) is 11.6 Å². The Balaban J connectivity index is 1.79. The highest BCUT2D eigenvalue weighted by atomic mass is 15.2. The Hall–Kier alpha value is -0.340. The molecule has 0 aromatic heterocycles. The maximum Gasteiger partial charge on any atom is 0.0220 e. The molecule has 0 bridgehead atoms. The molecule has 2 nitrogen and oxygen atoms in total. The summed E-state index contributed by atoms with van der Waals surface area (Å²) in [4.78, 5) is 2.69. The largest absolute Gasteiger partial charge is 0.312 e. The average Bonchev–Trinajstić information content (AvgIpc) is 2.80. The molecule has 1 fully saturated rings. The Kier molecular flexibility index (Phi) is 5.71. The molecule has 1 saturated heterocycles. The van der Waals surface area contributed by atoms with Gasteiger partial charge in [-0.1, -0.05) is 31.9 Å². The summed E-state index contributed by atoms with van der Waals surface area (Å²) in [5.41, 5.74) is 1.72. The molecule has 1 aliphatic carbocycles. The predicted molar refractivity (Wildman–Crippen MR) is 78.9 cm³/mol. The van der Waals surface area contributed by atoms with Gasteiger partial charge in [0, 0.05) is 19.1 Å². The van der Waals surface area contributed by atoms with E-state index < -0.39 is 0 Å². The number of nitrogens with one attached hydrogen (secondary N) is 1. The van der Waals surface area contributed by atoms with Crippen molar-refractivity contribution in [1.82, 2.24) is 10.2 Å². The Morgan fingerprint density at radius 1 is 1.44 bits per heavy atom. The van der Waals surface area contributed by atoms with Crippen molar-refractivity contribution in [3.8, 4) is 0 Å². The third kappa shape index (κ3) is 4.10. The molecule has 0 amide bonds. The Morgan fingerprint density at radius 3 is 3.06 bits per heavy atom. The normalized spacial score (nSPS) is 27.9. The summed E-state index contributed by atoms with van der Waals surface area (Å²) >= 11 is 0. The van der Waals surface area contributed by atoms with Gasteiger partial charge in [0.25, 0.3) is 0 Å². The summed E-state index contributed by atoms with van der Waals surface area (Å²) in [6.07, 6.45) is 10.5. The summed E-state index contributed by atoms with van der Waals surface area (Å²) in [5.74, 6) is 0.802. The smallest absolute Gasteiger partial charge is 0.0220 e. The highest BCUT2D eigenvalue weighted by Gasteiger charge is 2.21. The zero-order valence-corrected chi connectivity index (χ0v) is 12.3. The third-order valence-electron chi connectivity index (χ3n) is 4.73. The van der Waals surface area contributed by atoms with Crippen molar-refractivity contribution < 1.29 is 0 Å². The molecule has 0 radical (unpaired) electrons. The second-order valence-electron chi connectivity index (χ2n) is 6.10. The lowest BCUT2D eigenvalue weighted by Gasteiger charge is -2.28. The molecule has 2 aliphatic rings. The van der Waals surface area contributed by atoms with Crippen molar-refractivity contribution in [3.63, 3.8) is 0 Å². The Morgan fingerprint density at radius 2 is 2.33 bits per heavy atom. The fourth-order valence-electron chi connectivity index (χ4n) is 3.16. The summed E-state index contributed by atoms with van der Waals surface area (Å²) in [6.45, 7) is 9.72. The van der Waals surface area contributed by atoms with E-state index in [1.54, 1.807) is 5.57 Å². The maximum atomic E-state index is 3.73. The van der Waals surface area contributed by atoms with Gasteiger partial charge in [-0.2, -0.15) is 0 Å². The first-order valence-electron chi connectivity index (χ1n) is 7.93. The molecular formula is C16H30N2. The lowest BCUT2D eigenvalue weighted by molar-refractivity contribution is 0.240. The van der Waals surface area contributed by atoms with Crippen molar-refractivity contribution in [2.75, 3.05) is 26.2 Å². The van der Waals surface area contributed by atoms with E-state index in [0.29, 0.717) is 6.04 Å². The second kappa shape index (κ2) is 7.30. The molecule has 1 aliphatic heterocycles. The van der Waals surface area contributed by atoms with Gasteiger partial charge in [0.05, 0.1) is 0 Å². The number of allylic oxidation sites excluding steroid dienone is 1. The van der Waals surface area contributed by atoms with Gasteiger partial charge < -0.3 is 10.2 Å². The highest BCUT2D eigenvalue weighted by molar-refractivity contribution is 5.07. The molecule has 2 atom stereocenters. The van der Waals surface area contributed by atoms with Crippen LogP contribution in [0, 0.1) is 5.92 Å². The standard InChI is InChI=1S/C16H30N2/c1-3-14(2)16-13-18(11-6-10-17-16)12-9-15-7-4-5-8-15/h7,14,16-17H,3-6,8-13H2,1-2H3. The zero-order chi connectivity index (χ0) is 12.8. The summed E-state index contributed by atoms with van der Waals surface area (Å²) in [5, 5.41) is 3.73. The fourth-order valence-corrected chi connectivity index (χ4v) is 3.16.